The first-order valence-corrected chi connectivity index (χ1v) is 11.4. The number of anilines is 1. The monoisotopic (exact) mass is 455 g/mol. The molecule has 30 heavy (non-hydrogen) atoms. The van der Waals surface area contributed by atoms with Crippen molar-refractivity contribution < 1.29 is 13.9 Å². The van der Waals surface area contributed by atoms with Crippen LogP contribution in [0.1, 0.15) is 16.7 Å². The van der Waals surface area contributed by atoms with Crippen molar-refractivity contribution in [1.82, 2.24) is 0 Å². The first-order chi connectivity index (χ1) is 14.6. The lowest BCUT2D eigenvalue weighted by atomic mass is 9.80. The van der Waals surface area contributed by atoms with Crippen molar-refractivity contribution in [2.45, 2.75) is 5.60 Å². The van der Waals surface area contributed by atoms with Gasteiger partial charge in [0.05, 0.1) is 5.02 Å². The Morgan fingerprint density at radius 1 is 0.967 bits per heavy atom. The van der Waals surface area contributed by atoms with Gasteiger partial charge in [-0.25, -0.2) is 4.39 Å². The van der Waals surface area contributed by atoms with Gasteiger partial charge in [0, 0.05) is 22.4 Å². The molecule has 4 aromatic rings. The van der Waals surface area contributed by atoms with Crippen LogP contribution in [0.2, 0.25) is 5.02 Å². The zero-order valence-electron chi connectivity index (χ0n) is 15.5. The number of benzene rings is 2. The molecule has 0 unspecified atom stereocenters. The van der Waals surface area contributed by atoms with E-state index in [0.717, 1.165) is 27.8 Å². The maximum Gasteiger partial charge on any atom is 0.250 e. The summed E-state index contributed by atoms with van der Waals surface area (Å²) in [6, 6.07) is 14.4. The lowest BCUT2D eigenvalue weighted by Gasteiger charge is -2.33. The Labute approximate surface area is 185 Å². The van der Waals surface area contributed by atoms with Crippen LogP contribution in [-0.4, -0.2) is 12.5 Å². The highest BCUT2D eigenvalue weighted by molar-refractivity contribution is 7.08. The van der Waals surface area contributed by atoms with Gasteiger partial charge in [0.25, 0.3) is 0 Å². The molecule has 150 valence electrons. The van der Waals surface area contributed by atoms with Gasteiger partial charge in [0.1, 0.15) is 18.0 Å². The van der Waals surface area contributed by atoms with Gasteiger partial charge in [-0.15, -0.1) is 0 Å². The second-order valence-electron chi connectivity index (χ2n) is 6.93. The predicted octanol–water partition coefficient (Wildman–Crippen LogP) is 6.53. The number of fused-ring (bicyclic) bond motifs is 1. The van der Waals surface area contributed by atoms with Crippen LogP contribution in [0.4, 0.5) is 10.1 Å². The van der Waals surface area contributed by atoms with E-state index in [-0.39, 0.29) is 17.5 Å². The molecule has 0 spiro atoms. The number of carbonyl (C=O) groups excluding carboxylic acids is 1. The number of rotatable bonds is 3. The van der Waals surface area contributed by atoms with Gasteiger partial charge in [-0.3, -0.25) is 4.79 Å². The zero-order valence-corrected chi connectivity index (χ0v) is 17.9. The van der Waals surface area contributed by atoms with E-state index in [1.54, 1.807) is 34.8 Å². The maximum absolute atomic E-state index is 13.7. The van der Waals surface area contributed by atoms with Crippen LogP contribution in [0, 0.1) is 5.82 Å². The van der Waals surface area contributed by atoms with E-state index in [1.165, 1.54) is 6.07 Å². The average Bonchev–Trinajstić information content (AvgIpc) is 3.45. The lowest BCUT2D eigenvalue weighted by molar-refractivity contribution is -0.123. The van der Waals surface area contributed by atoms with E-state index in [2.05, 4.69) is 5.32 Å². The van der Waals surface area contributed by atoms with E-state index in [4.69, 9.17) is 16.3 Å². The van der Waals surface area contributed by atoms with Crippen LogP contribution in [0.25, 0.3) is 11.1 Å². The Morgan fingerprint density at radius 2 is 1.63 bits per heavy atom. The summed E-state index contributed by atoms with van der Waals surface area (Å²) in [5, 5.41) is 11.1. The molecule has 1 amide bonds. The van der Waals surface area contributed by atoms with Gasteiger partial charge in [-0.2, -0.15) is 22.7 Å². The molecular weight excluding hydrogens is 441 g/mol. The van der Waals surface area contributed by atoms with Crippen molar-refractivity contribution in [3.63, 3.8) is 0 Å². The Hall–Kier alpha value is -2.51. The molecule has 1 N–H and O–H groups in total. The molecule has 2 aromatic heterocycles. The highest BCUT2D eigenvalue weighted by atomic mass is 35.5. The first-order valence-electron chi connectivity index (χ1n) is 9.17. The van der Waals surface area contributed by atoms with E-state index >= 15 is 0 Å². The maximum atomic E-state index is 13.7. The third-order valence-electron chi connectivity index (χ3n) is 5.20. The molecule has 7 heteroatoms. The minimum absolute atomic E-state index is 0.0638. The SMILES string of the molecule is O=C1COC(c2ccsc2)(c2ccsc2)c2cc(-c3ccc(F)c(Cl)c3)ccc2N1. The molecule has 0 saturated carbocycles. The minimum atomic E-state index is -0.936. The number of ether oxygens (including phenoxy) is 1. The van der Waals surface area contributed by atoms with Crippen LogP contribution < -0.4 is 5.32 Å². The van der Waals surface area contributed by atoms with Crippen LogP contribution >= 0.6 is 34.3 Å². The van der Waals surface area contributed by atoms with Gasteiger partial charge < -0.3 is 10.1 Å². The molecule has 0 aliphatic carbocycles. The van der Waals surface area contributed by atoms with Gasteiger partial charge >= 0.3 is 0 Å². The van der Waals surface area contributed by atoms with Crippen molar-refractivity contribution in [2.75, 3.05) is 11.9 Å². The van der Waals surface area contributed by atoms with Gasteiger partial charge in [-0.05, 0) is 69.0 Å². The summed E-state index contributed by atoms with van der Waals surface area (Å²) in [4.78, 5) is 12.4. The number of hydrogen-bond acceptors (Lipinski definition) is 4. The Bertz CT molecular complexity index is 1190. The molecule has 0 bridgehead atoms. The standard InChI is InChI=1S/C23H15ClFNO2S2/c24-19-10-15(1-3-20(19)25)14-2-4-21-18(9-14)23(16-5-7-29-12-16,17-6-8-30-13-17)28-11-22(27)26-21/h1-10,12-13H,11H2,(H,26,27). The fourth-order valence-corrected chi connectivity index (χ4v) is 5.38. The molecule has 5 rings (SSSR count). The van der Waals surface area contributed by atoms with Crippen LogP contribution in [0.5, 0.6) is 0 Å². The average molecular weight is 456 g/mol. The Balaban J connectivity index is 1.78. The molecule has 3 heterocycles. The van der Waals surface area contributed by atoms with E-state index < -0.39 is 11.4 Å². The molecule has 0 saturated heterocycles. The summed E-state index contributed by atoms with van der Waals surface area (Å²) in [7, 11) is 0. The quantitative estimate of drug-likeness (QED) is 0.381. The predicted molar refractivity (Wildman–Crippen MR) is 120 cm³/mol. The van der Waals surface area contributed by atoms with Crippen molar-refractivity contribution >= 4 is 45.9 Å². The van der Waals surface area contributed by atoms with Crippen LogP contribution in [0.15, 0.2) is 70.1 Å². The highest BCUT2D eigenvalue weighted by Crippen LogP contribution is 2.47. The summed E-state index contributed by atoms with van der Waals surface area (Å²) in [6.45, 7) is -0.0713. The van der Waals surface area contributed by atoms with Crippen LogP contribution in [0.3, 0.4) is 0 Å². The highest BCUT2D eigenvalue weighted by Gasteiger charge is 2.42. The van der Waals surface area contributed by atoms with E-state index in [1.807, 2.05) is 51.9 Å². The second-order valence-corrected chi connectivity index (χ2v) is 8.90. The van der Waals surface area contributed by atoms with Crippen molar-refractivity contribution in [3.8, 4) is 11.1 Å². The molecule has 0 radical (unpaired) electrons. The summed E-state index contributed by atoms with van der Waals surface area (Å²) in [5.74, 6) is -0.669. The third kappa shape index (κ3) is 3.17. The smallest absolute Gasteiger partial charge is 0.250 e. The van der Waals surface area contributed by atoms with Crippen molar-refractivity contribution in [1.29, 1.82) is 0 Å². The van der Waals surface area contributed by atoms with Crippen molar-refractivity contribution in [3.05, 3.63) is 97.6 Å². The summed E-state index contributed by atoms with van der Waals surface area (Å²) >= 11 is 9.17. The lowest BCUT2D eigenvalue weighted by Crippen LogP contribution is -2.32. The van der Waals surface area contributed by atoms with E-state index in [9.17, 15) is 9.18 Å². The Morgan fingerprint density at radius 3 is 2.27 bits per heavy atom. The molecule has 1 aliphatic heterocycles. The summed E-state index contributed by atoms with van der Waals surface area (Å²) < 4.78 is 20.0. The third-order valence-corrected chi connectivity index (χ3v) is 6.86. The van der Waals surface area contributed by atoms with Gasteiger partial charge in [0.15, 0.2) is 0 Å². The fraction of sp³-hybridized carbons (Fsp3) is 0.0870. The fourth-order valence-electron chi connectivity index (χ4n) is 3.81. The largest absolute Gasteiger partial charge is 0.351 e. The Kier molecular flexibility index (Phi) is 4.95. The van der Waals surface area contributed by atoms with Crippen LogP contribution in [-0.2, 0) is 15.1 Å². The van der Waals surface area contributed by atoms with E-state index in [0.29, 0.717) is 5.69 Å². The van der Waals surface area contributed by atoms with Crippen molar-refractivity contribution in [2.24, 2.45) is 0 Å². The number of carbonyl (C=O) groups is 1. The molecule has 0 atom stereocenters. The number of hydrogen-bond donors (Lipinski definition) is 1. The number of thiophene rings is 2. The number of halogens is 2. The normalized spacial score (nSPS) is 15.3. The molecule has 2 aromatic carbocycles. The van der Waals surface area contributed by atoms with Gasteiger partial charge in [0.2, 0.25) is 5.91 Å². The topological polar surface area (TPSA) is 38.3 Å². The molecule has 3 nitrogen and oxygen atoms in total. The molecular formula is C23H15ClFNO2S2. The minimum Gasteiger partial charge on any atom is -0.351 e. The zero-order chi connectivity index (χ0) is 20.7. The summed E-state index contributed by atoms with van der Waals surface area (Å²) in [6.07, 6.45) is 0. The first kappa shape index (κ1) is 19.5. The molecule has 1 aliphatic rings. The number of nitrogens with one attached hydrogen (secondary N) is 1. The van der Waals surface area contributed by atoms with Gasteiger partial charge in [-0.1, -0.05) is 23.7 Å². The number of amides is 1. The molecule has 0 fully saturated rings. The second kappa shape index (κ2) is 7.63. The summed E-state index contributed by atoms with van der Waals surface area (Å²) in [5.41, 5.74) is 4.12.